The van der Waals surface area contributed by atoms with Crippen LogP contribution in [-0.4, -0.2) is 32.3 Å². The molecule has 0 aliphatic heterocycles. The first-order valence-electron chi connectivity index (χ1n) is 11.5. The Bertz CT molecular complexity index is 1520. The van der Waals surface area contributed by atoms with Gasteiger partial charge in [-0.15, -0.1) is 0 Å². The van der Waals surface area contributed by atoms with E-state index >= 15 is 0 Å². The second kappa shape index (κ2) is 10.0. The van der Waals surface area contributed by atoms with E-state index in [0.717, 1.165) is 27.6 Å². The predicted octanol–water partition coefficient (Wildman–Crippen LogP) is 6.06. The van der Waals surface area contributed by atoms with Gasteiger partial charge in [-0.25, -0.2) is 18.4 Å². The highest BCUT2D eigenvalue weighted by atomic mass is 19.1. The van der Waals surface area contributed by atoms with Gasteiger partial charge < -0.3 is 4.74 Å². The zero-order valence-electron chi connectivity index (χ0n) is 19.5. The van der Waals surface area contributed by atoms with Crippen LogP contribution in [-0.2, 0) is 16.1 Å². The van der Waals surface area contributed by atoms with Crippen molar-refractivity contribution >= 4 is 17.0 Å². The lowest BCUT2D eigenvalue weighted by Gasteiger charge is -2.17. The van der Waals surface area contributed by atoms with Crippen LogP contribution < -0.4 is 0 Å². The smallest absolute Gasteiger partial charge is 0.307 e. The quantitative estimate of drug-likeness (QED) is 0.263. The first kappa shape index (κ1) is 23.3. The van der Waals surface area contributed by atoms with Gasteiger partial charge in [-0.2, -0.15) is 5.10 Å². The summed E-state index contributed by atoms with van der Waals surface area (Å²) in [6.45, 7) is 2.33. The van der Waals surface area contributed by atoms with Gasteiger partial charge >= 0.3 is 5.97 Å². The number of nitrogens with zero attached hydrogens (tertiary/aromatic N) is 4. The number of fused-ring (bicyclic) bond motifs is 1. The summed E-state index contributed by atoms with van der Waals surface area (Å²) in [7, 11) is 0. The summed E-state index contributed by atoms with van der Waals surface area (Å²) in [6, 6.07) is 16.1. The summed E-state index contributed by atoms with van der Waals surface area (Å²) in [5.41, 5.74) is 5.05. The molecule has 3 aromatic heterocycles. The number of benzene rings is 2. The third-order valence-corrected chi connectivity index (χ3v) is 5.84. The molecule has 0 saturated heterocycles. The molecular weight excluding hydrogens is 462 g/mol. The Kier molecular flexibility index (Phi) is 6.49. The fourth-order valence-corrected chi connectivity index (χ4v) is 4.21. The standard InChI is InChI=1S/C28H22F2N4O2/c1-2-36-24(35)13-16-34-28-23(17-32-34)25(18-3-7-21(29)8-4-18)26(19-11-14-31-15-12-19)27(33-28)20-5-9-22(30)10-6-20/h3-12,14-15,17H,2,13,16H2,1H3. The molecule has 6 nitrogen and oxygen atoms in total. The van der Waals surface area contributed by atoms with Crippen LogP contribution >= 0.6 is 0 Å². The molecule has 0 saturated carbocycles. The van der Waals surface area contributed by atoms with Crippen molar-refractivity contribution in [2.24, 2.45) is 0 Å². The number of esters is 1. The van der Waals surface area contributed by atoms with Crippen LogP contribution in [0.4, 0.5) is 8.78 Å². The van der Waals surface area contributed by atoms with Crippen molar-refractivity contribution in [3.05, 3.63) is 90.9 Å². The zero-order valence-corrected chi connectivity index (χ0v) is 19.5. The molecule has 2 aromatic carbocycles. The molecule has 0 bridgehead atoms. The van der Waals surface area contributed by atoms with Gasteiger partial charge in [0.2, 0.25) is 0 Å². The van der Waals surface area contributed by atoms with Crippen molar-refractivity contribution < 1.29 is 18.3 Å². The average molecular weight is 485 g/mol. The van der Waals surface area contributed by atoms with Crippen molar-refractivity contribution in [3.63, 3.8) is 0 Å². The second-order valence-corrected chi connectivity index (χ2v) is 8.12. The molecule has 0 atom stereocenters. The largest absolute Gasteiger partial charge is 0.466 e. The number of aromatic nitrogens is 4. The molecule has 0 spiro atoms. The molecule has 0 fully saturated rings. The molecule has 0 N–H and O–H groups in total. The lowest BCUT2D eigenvalue weighted by Crippen LogP contribution is -2.10. The number of hydrogen-bond acceptors (Lipinski definition) is 5. The molecule has 0 amide bonds. The van der Waals surface area contributed by atoms with Gasteiger partial charge in [0.05, 0.1) is 31.5 Å². The van der Waals surface area contributed by atoms with Gasteiger partial charge in [0.15, 0.2) is 5.65 Å². The molecule has 0 radical (unpaired) electrons. The van der Waals surface area contributed by atoms with E-state index in [1.54, 1.807) is 54.5 Å². The molecule has 3 heterocycles. The third-order valence-electron chi connectivity index (χ3n) is 5.84. The highest BCUT2D eigenvalue weighted by Crippen LogP contribution is 2.43. The Labute approximate surface area is 206 Å². The van der Waals surface area contributed by atoms with Gasteiger partial charge in [-0.05, 0) is 66.6 Å². The topological polar surface area (TPSA) is 69.9 Å². The van der Waals surface area contributed by atoms with Crippen molar-refractivity contribution in [2.45, 2.75) is 19.9 Å². The lowest BCUT2D eigenvalue weighted by molar-refractivity contribution is -0.143. The maximum Gasteiger partial charge on any atom is 0.307 e. The fourth-order valence-electron chi connectivity index (χ4n) is 4.21. The zero-order chi connectivity index (χ0) is 25.1. The lowest BCUT2D eigenvalue weighted by atomic mass is 9.89. The Hall–Kier alpha value is -4.46. The van der Waals surface area contributed by atoms with Crippen LogP contribution in [0.15, 0.2) is 79.3 Å². The number of pyridine rings is 2. The number of aryl methyl sites for hydroxylation is 1. The fraction of sp³-hybridized carbons (Fsp3) is 0.143. The third kappa shape index (κ3) is 4.57. The van der Waals surface area contributed by atoms with Crippen molar-refractivity contribution in [2.75, 3.05) is 6.61 Å². The van der Waals surface area contributed by atoms with Crippen LogP contribution in [0.3, 0.4) is 0 Å². The Morgan fingerprint density at radius 1 is 0.861 bits per heavy atom. The van der Waals surface area contributed by atoms with Gasteiger partial charge in [-0.1, -0.05) is 12.1 Å². The summed E-state index contributed by atoms with van der Waals surface area (Å²) in [4.78, 5) is 21.1. The summed E-state index contributed by atoms with van der Waals surface area (Å²) >= 11 is 0. The highest BCUT2D eigenvalue weighted by Gasteiger charge is 2.22. The molecule has 0 aliphatic rings. The second-order valence-electron chi connectivity index (χ2n) is 8.12. The van der Waals surface area contributed by atoms with Gasteiger partial charge in [0, 0.05) is 34.5 Å². The van der Waals surface area contributed by atoms with E-state index in [2.05, 4.69) is 10.1 Å². The van der Waals surface area contributed by atoms with E-state index in [1.807, 2.05) is 12.1 Å². The molecule has 5 aromatic rings. The Balaban J connectivity index is 1.81. The molecule has 0 unspecified atom stereocenters. The van der Waals surface area contributed by atoms with Crippen LogP contribution in [0.1, 0.15) is 13.3 Å². The van der Waals surface area contributed by atoms with Gasteiger partial charge in [-0.3, -0.25) is 9.78 Å². The highest BCUT2D eigenvalue weighted by molar-refractivity contribution is 6.06. The Morgan fingerprint density at radius 2 is 1.47 bits per heavy atom. The summed E-state index contributed by atoms with van der Waals surface area (Å²) in [5.74, 6) is -1.03. The number of ether oxygens (including phenoxy) is 1. The monoisotopic (exact) mass is 484 g/mol. The molecule has 0 aliphatic carbocycles. The van der Waals surface area contributed by atoms with Gasteiger partial charge in [0.1, 0.15) is 11.6 Å². The Morgan fingerprint density at radius 3 is 2.11 bits per heavy atom. The van der Waals surface area contributed by atoms with E-state index in [1.165, 1.54) is 24.3 Å². The summed E-state index contributed by atoms with van der Waals surface area (Å²) < 4.78 is 34.4. The molecule has 36 heavy (non-hydrogen) atoms. The van der Waals surface area contributed by atoms with E-state index in [4.69, 9.17) is 9.72 Å². The van der Waals surface area contributed by atoms with Crippen molar-refractivity contribution in [1.29, 1.82) is 0 Å². The number of hydrogen-bond donors (Lipinski definition) is 0. The van der Waals surface area contributed by atoms with Crippen LogP contribution in [0.25, 0.3) is 44.5 Å². The van der Waals surface area contributed by atoms with E-state index < -0.39 is 0 Å². The minimum Gasteiger partial charge on any atom is -0.466 e. The summed E-state index contributed by atoms with van der Waals surface area (Å²) in [5, 5.41) is 5.25. The normalized spacial score (nSPS) is 11.1. The van der Waals surface area contributed by atoms with Crippen LogP contribution in [0.2, 0.25) is 0 Å². The predicted molar refractivity (Wildman–Crippen MR) is 133 cm³/mol. The minimum atomic E-state index is -0.358. The maximum absolute atomic E-state index is 13.8. The summed E-state index contributed by atoms with van der Waals surface area (Å²) in [6.07, 6.45) is 5.21. The van der Waals surface area contributed by atoms with Crippen LogP contribution in [0, 0.1) is 11.6 Å². The molecular formula is C28H22F2N4O2. The molecule has 8 heteroatoms. The minimum absolute atomic E-state index is 0.135. The molecule has 180 valence electrons. The van der Waals surface area contributed by atoms with E-state index in [0.29, 0.717) is 23.5 Å². The van der Waals surface area contributed by atoms with Crippen molar-refractivity contribution in [1.82, 2.24) is 19.7 Å². The SMILES string of the molecule is CCOC(=O)CCn1ncc2c(-c3ccc(F)cc3)c(-c3ccncc3)c(-c3ccc(F)cc3)nc21. The number of rotatable bonds is 7. The number of carbonyl (C=O) groups excluding carboxylic acids is 1. The first-order chi connectivity index (χ1) is 17.5. The number of carbonyl (C=O) groups is 1. The van der Waals surface area contributed by atoms with E-state index in [-0.39, 0.29) is 30.6 Å². The van der Waals surface area contributed by atoms with Crippen LogP contribution in [0.5, 0.6) is 0 Å². The maximum atomic E-state index is 13.8. The average Bonchev–Trinajstić information content (AvgIpc) is 3.31. The van der Waals surface area contributed by atoms with Gasteiger partial charge in [0.25, 0.3) is 0 Å². The number of halogens is 2. The first-order valence-corrected chi connectivity index (χ1v) is 11.5. The molecule has 5 rings (SSSR count). The van der Waals surface area contributed by atoms with Crippen molar-refractivity contribution in [3.8, 4) is 33.5 Å². The van der Waals surface area contributed by atoms with E-state index in [9.17, 15) is 13.6 Å².